The number of aliphatic hydroxyl groups is 1. The van der Waals surface area contributed by atoms with E-state index in [1.807, 2.05) is 39.0 Å². The number of amides is 1. The van der Waals surface area contributed by atoms with E-state index in [9.17, 15) is 19.5 Å². The predicted octanol–water partition coefficient (Wildman–Crippen LogP) is 0.794. The molecule has 1 aromatic carbocycles. The summed E-state index contributed by atoms with van der Waals surface area (Å²) < 4.78 is 7.09. The summed E-state index contributed by atoms with van der Waals surface area (Å²) in [5.74, 6) is -0.232. The second kappa shape index (κ2) is 8.12. The molecule has 28 heavy (non-hydrogen) atoms. The van der Waals surface area contributed by atoms with E-state index in [1.54, 1.807) is 0 Å². The Morgan fingerprint density at radius 2 is 2.00 bits per heavy atom. The second-order valence-corrected chi connectivity index (χ2v) is 7.08. The van der Waals surface area contributed by atoms with Gasteiger partial charge >= 0.3 is 5.69 Å². The fourth-order valence-corrected chi connectivity index (χ4v) is 3.52. The SMILES string of the molecule is CCc1cn(C2CC(O)C(CNC(=O)c3c(C)cccc3C)O2)c(=O)[nH]c1=O. The van der Waals surface area contributed by atoms with Gasteiger partial charge in [-0.05, 0) is 31.4 Å². The summed E-state index contributed by atoms with van der Waals surface area (Å²) in [6.07, 6.45) is -0.0591. The number of hydrogen-bond acceptors (Lipinski definition) is 5. The van der Waals surface area contributed by atoms with Crippen LogP contribution in [-0.2, 0) is 11.2 Å². The van der Waals surface area contributed by atoms with E-state index in [0.29, 0.717) is 17.5 Å². The lowest BCUT2D eigenvalue weighted by atomic mass is 10.0. The van der Waals surface area contributed by atoms with Crippen LogP contribution >= 0.6 is 0 Å². The van der Waals surface area contributed by atoms with E-state index in [0.717, 1.165) is 11.1 Å². The number of aromatic amines is 1. The molecule has 3 N–H and O–H groups in total. The van der Waals surface area contributed by atoms with E-state index in [4.69, 9.17) is 4.74 Å². The third kappa shape index (κ3) is 3.93. The zero-order valence-corrected chi connectivity index (χ0v) is 16.2. The largest absolute Gasteiger partial charge is 0.390 e. The van der Waals surface area contributed by atoms with E-state index >= 15 is 0 Å². The molecular formula is C20H25N3O5. The molecule has 2 heterocycles. The molecule has 1 aliphatic rings. The molecule has 8 heteroatoms. The van der Waals surface area contributed by atoms with Crippen molar-refractivity contribution >= 4 is 5.91 Å². The summed E-state index contributed by atoms with van der Waals surface area (Å²) in [6.45, 7) is 5.66. The monoisotopic (exact) mass is 387 g/mol. The number of rotatable bonds is 5. The van der Waals surface area contributed by atoms with Crippen molar-refractivity contribution in [1.82, 2.24) is 14.9 Å². The fourth-order valence-electron chi connectivity index (χ4n) is 3.52. The molecular weight excluding hydrogens is 362 g/mol. The van der Waals surface area contributed by atoms with E-state index in [2.05, 4.69) is 10.3 Å². The summed E-state index contributed by atoms with van der Waals surface area (Å²) in [6, 6.07) is 5.63. The van der Waals surface area contributed by atoms with Crippen molar-refractivity contribution < 1.29 is 14.6 Å². The first kappa shape index (κ1) is 20.0. The number of ether oxygens (including phenoxy) is 1. The van der Waals surface area contributed by atoms with E-state index in [1.165, 1.54) is 10.8 Å². The van der Waals surface area contributed by atoms with Crippen molar-refractivity contribution in [3.05, 3.63) is 67.5 Å². The Bertz CT molecular complexity index is 974. The normalized spacial score (nSPS) is 21.6. The highest BCUT2D eigenvalue weighted by molar-refractivity contribution is 5.97. The number of carbonyl (C=O) groups is 1. The zero-order valence-electron chi connectivity index (χ0n) is 16.2. The van der Waals surface area contributed by atoms with Gasteiger partial charge in [-0.2, -0.15) is 0 Å². The number of aliphatic hydroxyl groups excluding tert-OH is 1. The molecule has 1 aromatic heterocycles. The Labute approximate surface area is 162 Å². The number of hydrogen-bond donors (Lipinski definition) is 3. The molecule has 3 rings (SSSR count). The van der Waals surface area contributed by atoms with Crippen LogP contribution in [0.15, 0.2) is 34.0 Å². The van der Waals surface area contributed by atoms with E-state index in [-0.39, 0.29) is 18.9 Å². The number of aryl methyl sites for hydroxylation is 3. The van der Waals surface area contributed by atoms with E-state index < -0.39 is 29.7 Å². The van der Waals surface area contributed by atoms with Crippen LogP contribution in [0.5, 0.6) is 0 Å². The van der Waals surface area contributed by atoms with Gasteiger partial charge in [-0.3, -0.25) is 19.1 Å². The number of H-pyrrole nitrogens is 1. The zero-order chi connectivity index (χ0) is 20.4. The van der Waals surface area contributed by atoms with Crippen LogP contribution in [0, 0.1) is 13.8 Å². The van der Waals surface area contributed by atoms with Crippen LogP contribution < -0.4 is 16.6 Å². The van der Waals surface area contributed by atoms with Crippen molar-refractivity contribution in [3.8, 4) is 0 Å². The highest BCUT2D eigenvalue weighted by Crippen LogP contribution is 2.27. The highest BCUT2D eigenvalue weighted by atomic mass is 16.5. The highest BCUT2D eigenvalue weighted by Gasteiger charge is 2.36. The van der Waals surface area contributed by atoms with Crippen LogP contribution in [0.3, 0.4) is 0 Å². The maximum atomic E-state index is 12.5. The third-order valence-corrected chi connectivity index (χ3v) is 5.11. The smallest absolute Gasteiger partial charge is 0.330 e. The number of nitrogens with zero attached hydrogens (tertiary/aromatic N) is 1. The second-order valence-electron chi connectivity index (χ2n) is 7.08. The molecule has 1 saturated heterocycles. The van der Waals surface area contributed by atoms with Gasteiger partial charge in [-0.25, -0.2) is 4.79 Å². The van der Waals surface area contributed by atoms with Crippen molar-refractivity contribution in [2.24, 2.45) is 0 Å². The average molecular weight is 387 g/mol. The van der Waals surface area contributed by atoms with Crippen LogP contribution in [0.4, 0.5) is 0 Å². The van der Waals surface area contributed by atoms with Crippen LogP contribution in [0.25, 0.3) is 0 Å². The maximum Gasteiger partial charge on any atom is 0.330 e. The molecule has 150 valence electrons. The lowest BCUT2D eigenvalue weighted by molar-refractivity contribution is -0.0187. The van der Waals surface area contributed by atoms with Crippen molar-refractivity contribution in [2.75, 3.05) is 6.54 Å². The quantitative estimate of drug-likeness (QED) is 0.702. The molecule has 2 aromatic rings. The van der Waals surface area contributed by atoms with Crippen molar-refractivity contribution in [3.63, 3.8) is 0 Å². The third-order valence-electron chi connectivity index (χ3n) is 5.11. The van der Waals surface area contributed by atoms with Crippen molar-refractivity contribution in [2.45, 2.75) is 52.0 Å². The first-order valence-electron chi connectivity index (χ1n) is 9.34. The molecule has 0 saturated carbocycles. The van der Waals surface area contributed by atoms with Gasteiger partial charge in [-0.1, -0.05) is 25.1 Å². The topological polar surface area (TPSA) is 113 Å². The Morgan fingerprint density at radius 1 is 1.32 bits per heavy atom. The molecule has 0 aliphatic carbocycles. The first-order chi connectivity index (χ1) is 13.3. The number of carbonyl (C=O) groups excluding carboxylic acids is 1. The molecule has 0 radical (unpaired) electrons. The Kier molecular flexibility index (Phi) is 5.81. The van der Waals surface area contributed by atoms with Crippen LogP contribution in [0.1, 0.15) is 46.6 Å². The Hall–Kier alpha value is -2.71. The summed E-state index contributed by atoms with van der Waals surface area (Å²) >= 11 is 0. The molecule has 1 amide bonds. The summed E-state index contributed by atoms with van der Waals surface area (Å²) in [5, 5.41) is 13.1. The molecule has 8 nitrogen and oxygen atoms in total. The minimum atomic E-state index is -0.841. The Balaban J connectivity index is 1.70. The summed E-state index contributed by atoms with van der Waals surface area (Å²) in [5.41, 5.74) is 1.81. The predicted molar refractivity (Wildman–Crippen MR) is 103 cm³/mol. The minimum absolute atomic E-state index is 0.114. The van der Waals surface area contributed by atoms with Gasteiger partial charge < -0.3 is 15.2 Å². The fraction of sp³-hybridized carbons (Fsp3) is 0.450. The molecule has 1 aliphatic heterocycles. The maximum absolute atomic E-state index is 12.5. The first-order valence-corrected chi connectivity index (χ1v) is 9.34. The van der Waals surface area contributed by atoms with Crippen LogP contribution in [0.2, 0.25) is 0 Å². The number of nitrogens with one attached hydrogen (secondary N) is 2. The molecule has 3 unspecified atom stereocenters. The molecule has 1 fully saturated rings. The van der Waals surface area contributed by atoms with Gasteiger partial charge in [0.05, 0.1) is 6.10 Å². The van der Waals surface area contributed by atoms with Crippen LogP contribution in [-0.4, -0.2) is 39.3 Å². The van der Waals surface area contributed by atoms with Gasteiger partial charge in [0.2, 0.25) is 0 Å². The van der Waals surface area contributed by atoms with Gasteiger partial charge in [0.1, 0.15) is 12.3 Å². The standard InChI is InChI=1S/C20H25N3O5/c1-4-13-10-23(20(27)22-18(13)25)16-8-14(24)15(28-16)9-21-19(26)17-11(2)6-5-7-12(17)3/h5-7,10,14-16,24H,4,8-9H2,1-3H3,(H,21,26)(H,22,25,27). The number of benzene rings is 1. The summed E-state index contributed by atoms with van der Waals surface area (Å²) in [4.78, 5) is 38.6. The minimum Gasteiger partial charge on any atom is -0.390 e. The molecule has 0 spiro atoms. The molecule has 3 atom stereocenters. The average Bonchev–Trinajstić information content (AvgIpc) is 3.00. The summed E-state index contributed by atoms with van der Waals surface area (Å²) in [7, 11) is 0. The lowest BCUT2D eigenvalue weighted by Gasteiger charge is -2.18. The lowest BCUT2D eigenvalue weighted by Crippen LogP contribution is -2.38. The van der Waals surface area contributed by atoms with Gasteiger partial charge in [-0.15, -0.1) is 0 Å². The molecule has 0 bridgehead atoms. The van der Waals surface area contributed by atoms with Gasteiger partial charge in [0.25, 0.3) is 11.5 Å². The Morgan fingerprint density at radius 3 is 2.64 bits per heavy atom. The van der Waals surface area contributed by atoms with Gasteiger partial charge in [0.15, 0.2) is 0 Å². The van der Waals surface area contributed by atoms with Gasteiger partial charge in [0, 0.05) is 30.3 Å². The number of aromatic nitrogens is 2. The van der Waals surface area contributed by atoms with Crippen molar-refractivity contribution in [1.29, 1.82) is 0 Å².